The minimum absolute atomic E-state index is 0.242. The summed E-state index contributed by atoms with van der Waals surface area (Å²) in [6.07, 6.45) is 0.480. The second kappa shape index (κ2) is 10.4. The molecule has 0 aliphatic heterocycles. The molecule has 2 amide bonds. The first kappa shape index (κ1) is 23.6. The predicted molar refractivity (Wildman–Crippen MR) is 118 cm³/mol. The van der Waals surface area contributed by atoms with Crippen LogP contribution in [0, 0.1) is 13.8 Å². The highest BCUT2D eigenvalue weighted by Crippen LogP contribution is 2.16. The highest BCUT2D eigenvalue weighted by molar-refractivity contribution is 7.89. The molecule has 0 aromatic heterocycles. The number of rotatable bonds is 8. The molecule has 0 aliphatic carbocycles. The Morgan fingerprint density at radius 3 is 2.10 bits per heavy atom. The topological polar surface area (TPSA) is 95.6 Å². The van der Waals surface area contributed by atoms with Gasteiger partial charge in [-0.3, -0.25) is 9.59 Å². The fraction of sp³-hybridized carbons (Fsp3) is 0.364. The lowest BCUT2D eigenvalue weighted by Gasteiger charge is -2.18. The standard InChI is InChI=1S/C22H29N3O4S/c1-5-25(6-2)30(28,29)20-11-8-18(9-12-20)13-14-23-21(26)22(27)24-19-10-7-16(3)17(4)15-19/h7-12,15H,5-6,13-14H2,1-4H3,(H,23,26)(H,24,27). The van der Waals surface area contributed by atoms with E-state index in [4.69, 9.17) is 0 Å². The van der Waals surface area contributed by atoms with Gasteiger partial charge >= 0.3 is 11.8 Å². The molecule has 162 valence electrons. The van der Waals surface area contributed by atoms with E-state index >= 15 is 0 Å². The van der Waals surface area contributed by atoms with Crippen molar-refractivity contribution in [2.75, 3.05) is 25.0 Å². The summed E-state index contributed by atoms with van der Waals surface area (Å²) in [6, 6.07) is 12.0. The molecule has 2 aromatic rings. The number of hydrogen-bond acceptors (Lipinski definition) is 4. The first-order chi connectivity index (χ1) is 14.2. The number of carbonyl (C=O) groups excluding carboxylic acids is 2. The summed E-state index contributed by atoms with van der Waals surface area (Å²) in [5.74, 6) is -1.44. The van der Waals surface area contributed by atoms with E-state index in [-0.39, 0.29) is 11.4 Å². The Kier molecular flexibility index (Phi) is 8.14. The summed E-state index contributed by atoms with van der Waals surface area (Å²) in [6.45, 7) is 8.60. The normalized spacial score (nSPS) is 11.4. The Morgan fingerprint density at radius 1 is 0.900 bits per heavy atom. The number of sulfonamides is 1. The molecule has 30 heavy (non-hydrogen) atoms. The van der Waals surface area contributed by atoms with Crippen LogP contribution in [0.3, 0.4) is 0 Å². The zero-order chi connectivity index (χ0) is 22.3. The lowest BCUT2D eigenvalue weighted by Crippen LogP contribution is -2.36. The Bertz CT molecular complexity index is 998. The van der Waals surface area contributed by atoms with Crippen molar-refractivity contribution in [1.82, 2.24) is 9.62 Å². The summed E-state index contributed by atoms with van der Waals surface area (Å²) in [5, 5.41) is 5.16. The van der Waals surface area contributed by atoms with Crippen LogP contribution in [0.4, 0.5) is 5.69 Å². The van der Waals surface area contributed by atoms with Gasteiger partial charge in [-0.25, -0.2) is 8.42 Å². The molecule has 0 atom stereocenters. The third-order valence-corrected chi connectivity index (χ3v) is 7.00. The lowest BCUT2D eigenvalue weighted by molar-refractivity contribution is -0.136. The van der Waals surface area contributed by atoms with E-state index in [1.807, 2.05) is 26.0 Å². The van der Waals surface area contributed by atoms with Gasteiger partial charge in [-0.2, -0.15) is 4.31 Å². The van der Waals surface area contributed by atoms with E-state index in [9.17, 15) is 18.0 Å². The van der Waals surface area contributed by atoms with E-state index in [0.717, 1.165) is 16.7 Å². The minimum Gasteiger partial charge on any atom is -0.347 e. The quantitative estimate of drug-likeness (QED) is 0.628. The van der Waals surface area contributed by atoms with Crippen molar-refractivity contribution in [3.8, 4) is 0 Å². The first-order valence-electron chi connectivity index (χ1n) is 9.94. The van der Waals surface area contributed by atoms with Crippen LogP contribution in [0.25, 0.3) is 0 Å². The summed E-state index contributed by atoms with van der Waals surface area (Å²) in [5.41, 5.74) is 3.57. The van der Waals surface area contributed by atoms with Gasteiger partial charge in [0.15, 0.2) is 0 Å². The van der Waals surface area contributed by atoms with Crippen molar-refractivity contribution in [2.24, 2.45) is 0 Å². The van der Waals surface area contributed by atoms with Crippen LogP contribution in [-0.2, 0) is 26.0 Å². The number of aryl methyl sites for hydroxylation is 2. The molecule has 0 radical (unpaired) electrons. The Labute approximate surface area is 178 Å². The third kappa shape index (κ3) is 5.90. The molecule has 0 heterocycles. The van der Waals surface area contributed by atoms with Gasteiger partial charge in [0.25, 0.3) is 0 Å². The van der Waals surface area contributed by atoms with Crippen molar-refractivity contribution in [1.29, 1.82) is 0 Å². The minimum atomic E-state index is -3.49. The highest BCUT2D eigenvalue weighted by Gasteiger charge is 2.21. The number of nitrogens with one attached hydrogen (secondary N) is 2. The largest absolute Gasteiger partial charge is 0.347 e. The third-order valence-electron chi connectivity index (χ3n) is 4.94. The number of carbonyl (C=O) groups is 2. The van der Waals surface area contributed by atoms with Crippen LogP contribution in [0.15, 0.2) is 47.4 Å². The van der Waals surface area contributed by atoms with Crippen LogP contribution in [0.1, 0.15) is 30.5 Å². The molecule has 2 rings (SSSR count). The number of anilines is 1. The second-order valence-corrected chi connectivity index (χ2v) is 8.93. The second-order valence-electron chi connectivity index (χ2n) is 6.99. The summed E-state index contributed by atoms with van der Waals surface area (Å²) in [4.78, 5) is 24.3. The van der Waals surface area contributed by atoms with Crippen molar-refractivity contribution in [2.45, 2.75) is 39.0 Å². The van der Waals surface area contributed by atoms with Crippen LogP contribution in [-0.4, -0.2) is 44.2 Å². The average molecular weight is 432 g/mol. The van der Waals surface area contributed by atoms with Crippen molar-refractivity contribution in [3.05, 3.63) is 59.2 Å². The fourth-order valence-electron chi connectivity index (χ4n) is 2.95. The maximum absolute atomic E-state index is 12.5. The zero-order valence-corrected chi connectivity index (χ0v) is 18.7. The van der Waals surface area contributed by atoms with Crippen LogP contribution < -0.4 is 10.6 Å². The van der Waals surface area contributed by atoms with Crippen molar-refractivity contribution in [3.63, 3.8) is 0 Å². The van der Waals surface area contributed by atoms with Gasteiger partial charge in [-0.15, -0.1) is 0 Å². The molecule has 0 saturated heterocycles. The average Bonchev–Trinajstić information content (AvgIpc) is 2.71. The molecule has 0 spiro atoms. The lowest BCUT2D eigenvalue weighted by atomic mass is 10.1. The van der Waals surface area contributed by atoms with Gasteiger partial charge in [-0.05, 0) is 61.2 Å². The van der Waals surface area contributed by atoms with Gasteiger partial charge in [0, 0.05) is 25.3 Å². The molecule has 7 nitrogen and oxygen atoms in total. The number of amides is 2. The summed E-state index contributed by atoms with van der Waals surface area (Å²) >= 11 is 0. The maximum Gasteiger partial charge on any atom is 0.313 e. The van der Waals surface area contributed by atoms with Gasteiger partial charge in [-0.1, -0.05) is 32.0 Å². The van der Waals surface area contributed by atoms with Crippen LogP contribution in [0.2, 0.25) is 0 Å². The van der Waals surface area contributed by atoms with E-state index in [2.05, 4.69) is 10.6 Å². The van der Waals surface area contributed by atoms with Crippen molar-refractivity contribution < 1.29 is 18.0 Å². The van der Waals surface area contributed by atoms with E-state index < -0.39 is 21.8 Å². The summed E-state index contributed by atoms with van der Waals surface area (Å²) < 4.78 is 26.4. The number of benzene rings is 2. The smallest absolute Gasteiger partial charge is 0.313 e. The fourth-order valence-corrected chi connectivity index (χ4v) is 4.41. The molecule has 2 aromatic carbocycles. The van der Waals surface area contributed by atoms with E-state index in [1.165, 1.54) is 4.31 Å². The molecular formula is C22H29N3O4S. The van der Waals surface area contributed by atoms with E-state index in [1.54, 1.807) is 44.2 Å². The van der Waals surface area contributed by atoms with Gasteiger partial charge in [0.05, 0.1) is 4.90 Å². The van der Waals surface area contributed by atoms with Crippen LogP contribution in [0.5, 0.6) is 0 Å². The SMILES string of the molecule is CCN(CC)S(=O)(=O)c1ccc(CCNC(=O)C(=O)Nc2ccc(C)c(C)c2)cc1. The molecule has 2 N–H and O–H groups in total. The van der Waals surface area contributed by atoms with E-state index in [0.29, 0.717) is 25.2 Å². The Balaban J connectivity index is 1.88. The molecular weight excluding hydrogens is 402 g/mol. The molecule has 8 heteroatoms. The molecule has 0 fully saturated rings. The molecule has 0 saturated carbocycles. The molecule has 0 unspecified atom stereocenters. The number of nitrogens with zero attached hydrogens (tertiary/aromatic N) is 1. The molecule has 0 bridgehead atoms. The Hall–Kier alpha value is -2.71. The monoisotopic (exact) mass is 431 g/mol. The van der Waals surface area contributed by atoms with Gasteiger partial charge in [0.2, 0.25) is 10.0 Å². The van der Waals surface area contributed by atoms with Gasteiger partial charge < -0.3 is 10.6 Å². The van der Waals surface area contributed by atoms with Gasteiger partial charge in [0.1, 0.15) is 0 Å². The first-order valence-corrected chi connectivity index (χ1v) is 11.4. The Morgan fingerprint density at radius 2 is 1.53 bits per heavy atom. The van der Waals surface area contributed by atoms with Crippen LogP contribution >= 0.6 is 0 Å². The maximum atomic E-state index is 12.5. The summed E-state index contributed by atoms with van der Waals surface area (Å²) in [7, 11) is -3.49. The van der Waals surface area contributed by atoms with Crippen molar-refractivity contribution >= 4 is 27.5 Å². The predicted octanol–water partition coefficient (Wildman–Crippen LogP) is 2.63. The molecule has 0 aliphatic rings. The number of hydrogen-bond donors (Lipinski definition) is 2. The highest BCUT2D eigenvalue weighted by atomic mass is 32.2. The zero-order valence-electron chi connectivity index (χ0n) is 17.9.